The minimum atomic E-state index is 0. The van der Waals surface area contributed by atoms with Crippen molar-refractivity contribution in [3.63, 3.8) is 0 Å². The molecule has 6 heteroatoms. The highest BCUT2D eigenvalue weighted by molar-refractivity contribution is 5.91. The molecule has 0 bridgehead atoms. The summed E-state index contributed by atoms with van der Waals surface area (Å²) in [6.45, 7) is 3.08. The van der Waals surface area contributed by atoms with Gasteiger partial charge in [0.05, 0.1) is 0 Å². The molecule has 1 atom stereocenters. The zero-order chi connectivity index (χ0) is 17.5. The Kier molecular flexibility index (Phi) is 11.3. The summed E-state index contributed by atoms with van der Waals surface area (Å²) in [5, 5.41) is 6.53. The summed E-state index contributed by atoms with van der Waals surface area (Å²) in [7, 11) is 2.22. The Morgan fingerprint density at radius 2 is 1.89 bits per heavy atom. The number of anilines is 1. The molecule has 1 unspecified atom stereocenters. The number of benzene rings is 1. The van der Waals surface area contributed by atoms with Gasteiger partial charge in [-0.2, -0.15) is 0 Å². The van der Waals surface area contributed by atoms with Crippen molar-refractivity contribution in [2.24, 2.45) is 5.92 Å². The molecular formula is C21H35Cl2N3O. The summed E-state index contributed by atoms with van der Waals surface area (Å²) in [5.74, 6) is 0.818. The lowest BCUT2D eigenvalue weighted by Gasteiger charge is -2.31. The first-order chi connectivity index (χ1) is 12.2. The lowest BCUT2D eigenvalue weighted by atomic mass is 9.94. The Bertz CT molecular complexity index is 558. The second-order valence-corrected chi connectivity index (χ2v) is 7.81. The molecule has 1 aromatic carbocycles. The van der Waals surface area contributed by atoms with E-state index in [2.05, 4.69) is 34.7 Å². The molecule has 1 aliphatic heterocycles. The summed E-state index contributed by atoms with van der Waals surface area (Å²) >= 11 is 0. The van der Waals surface area contributed by atoms with E-state index in [1.165, 1.54) is 44.1 Å². The van der Waals surface area contributed by atoms with Crippen LogP contribution in [0.4, 0.5) is 5.69 Å². The van der Waals surface area contributed by atoms with E-state index in [0.29, 0.717) is 18.4 Å². The van der Waals surface area contributed by atoms with Crippen LogP contribution in [0.5, 0.6) is 0 Å². The Morgan fingerprint density at radius 3 is 2.59 bits per heavy atom. The van der Waals surface area contributed by atoms with Crippen LogP contribution in [-0.2, 0) is 11.3 Å². The fourth-order valence-electron chi connectivity index (χ4n) is 4.21. The first-order valence-corrected chi connectivity index (χ1v) is 10.0. The number of carbonyl (C=O) groups excluding carboxylic acids is 1. The summed E-state index contributed by atoms with van der Waals surface area (Å²) in [6.07, 6.45) is 9.51. The zero-order valence-electron chi connectivity index (χ0n) is 16.4. The van der Waals surface area contributed by atoms with Crippen LogP contribution in [0.1, 0.15) is 56.9 Å². The highest BCUT2D eigenvalue weighted by Gasteiger charge is 2.19. The van der Waals surface area contributed by atoms with Gasteiger partial charge in [-0.15, -0.1) is 24.8 Å². The van der Waals surface area contributed by atoms with E-state index < -0.39 is 0 Å². The Morgan fingerprint density at radius 1 is 1.15 bits per heavy atom. The third-order valence-electron chi connectivity index (χ3n) is 5.85. The van der Waals surface area contributed by atoms with Crippen LogP contribution in [0, 0.1) is 5.92 Å². The number of rotatable bonds is 7. The molecule has 1 aromatic rings. The molecule has 1 saturated carbocycles. The maximum absolute atomic E-state index is 12.4. The van der Waals surface area contributed by atoms with Crippen LogP contribution in [0.15, 0.2) is 24.3 Å². The molecule has 1 amide bonds. The van der Waals surface area contributed by atoms with Gasteiger partial charge >= 0.3 is 0 Å². The largest absolute Gasteiger partial charge is 0.326 e. The number of nitrogens with one attached hydrogen (secondary N) is 2. The number of carbonyl (C=O) groups is 1. The summed E-state index contributed by atoms with van der Waals surface area (Å²) in [5.41, 5.74) is 2.21. The van der Waals surface area contributed by atoms with Gasteiger partial charge in [0, 0.05) is 24.7 Å². The summed E-state index contributed by atoms with van der Waals surface area (Å²) < 4.78 is 0. The lowest BCUT2D eigenvalue weighted by molar-refractivity contribution is -0.116. The highest BCUT2D eigenvalue weighted by atomic mass is 35.5. The first kappa shape index (κ1) is 24.2. The van der Waals surface area contributed by atoms with E-state index in [9.17, 15) is 4.79 Å². The normalized spacial score (nSPS) is 20.0. The van der Waals surface area contributed by atoms with Crippen molar-refractivity contribution < 1.29 is 4.79 Å². The van der Waals surface area contributed by atoms with Crippen molar-refractivity contribution >= 4 is 36.4 Å². The van der Waals surface area contributed by atoms with E-state index in [-0.39, 0.29) is 30.7 Å². The maximum Gasteiger partial charge on any atom is 0.224 e. The highest BCUT2D eigenvalue weighted by Crippen LogP contribution is 2.25. The first-order valence-electron chi connectivity index (χ1n) is 10.0. The molecule has 3 rings (SSSR count). The third kappa shape index (κ3) is 7.61. The predicted octanol–water partition coefficient (Wildman–Crippen LogP) is 4.62. The quantitative estimate of drug-likeness (QED) is 0.682. The molecule has 2 N–H and O–H groups in total. The van der Waals surface area contributed by atoms with Crippen molar-refractivity contribution in [1.82, 2.24) is 10.2 Å². The second-order valence-electron chi connectivity index (χ2n) is 7.81. The fraction of sp³-hybridized carbons (Fsp3) is 0.667. The average Bonchev–Trinajstić information content (AvgIpc) is 3.16. The van der Waals surface area contributed by atoms with Crippen LogP contribution in [-0.4, -0.2) is 37.0 Å². The van der Waals surface area contributed by atoms with Gasteiger partial charge in [0.25, 0.3) is 0 Å². The van der Waals surface area contributed by atoms with Crippen molar-refractivity contribution in [3.8, 4) is 0 Å². The van der Waals surface area contributed by atoms with E-state index in [1.54, 1.807) is 0 Å². The number of halogens is 2. The van der Waals surface area contributed by atoms with Crippen LogP contribution in [0.3, 0.4) is 0 Å². The molecule has 2 aliphatic rings. The van der Waals surface area contributed by atoms with Crippen LogP contribution >= 0.6 is 24.8 Å². The van der Waals surface area contributed by atoms with Gasteiger partial charge in [-0.05, 0) is 63.4 Å². The van der Waals surface area contributed by atoms with Gasteiger partial charge in [-0.3, -0.25) is 9.69 Å². The van der Waals surface area contributed by atoms with E-state index in [1.807, 2.05) is 12.1 Å². The number of para-hydroxylation sites is 1. The summed E-state index contributed by atoms with van der Waals surface area (Å²) in [6, 6.07) is 8.96. The van der Waals surface area contributed by atoms with Gasteiger partial charge < -0.3 is 10.6 Å². The number of nitrogens with zero attached hydrogens (tertiary/aromatic N) is 1. The number of amides is 1. The van der Waals surface area contributed by atoms with Gasteiger partial charge in [0.1, 0.15) is 0 Å². The van der Waals surface area contributed by atoms with Crippen molar-refractivity contribution in [3.05, 3.63) is 29.8 Å². The molecule has 0 spiro atoms. The smallest absolute Gasteiger partial charge is 0.224 e. The molecule has 0 radical (unpaired) electrons. The van der Waals surface area contributed by atoms with Crippen LogP contribution in [0.2, 0.25) is 0 Å². The van der Waals surface area contributed by atoms with Crippen molar-refractivity contribution in [2.45, 2.75) is 64.0 Å². The average molecular weight is 416 g/mol. The molecule has 2 fully saturated rings. The number of hydrogen-bond acceptors (Lipinski definition) is 3. The number of hydrogen-bond donors (Lipinski definition) is 2. The van der Waals surface area contributed by atoms with E-state index in [0.717, 1.165) is 31.7 Å². The third-order valence-corrected chi connectivity index (χ3v) is 5.85. The van der Waals surface area contributed by atoms with Crippen LogP contribution < -0.4 is 10.6 Å². The molecule has 1 heterocycles. The lowest BCUT2D eigenvalue weighted by Crippen LogP contribution is -2.33. The Hall–Kier alpha value is -0.810. The fourth-order valence-corrected chi connectivity index (χ4v) is 4.21. The molecular weight excluding hydrogens is 381 g/mol. The molecule has 154 valence electrons. The molecule has 4 nitrogen and oxygen atoms in total. The van der Waals surface area contributed by atoms with Crippen LogP contribution in [0.25, 0.3) is 0 Å². The topological polar surface area (TPSA) is 44.4 Å². The molecule has 0 aromatic heterocycles. The molecule has 1 saturated heterocycles. The second kappa shape index (κ2) is 12.6. The monoisotopic (exact) mass is 415 g/mol. The van der Waals surface area contributed by atoms with Gasteiger partial charge in [0.2, 0.25) is 5.91 Å². The SMILES string of the molecule is CN(Cc1ccccc1NC(=O)CCC1CCNC1)C1CCCCC1.Cl.Cl. The van der Waals surface area contributed by atoms with E-state index in [4.69, 9.17) is 0 Å². The van der Waals surface area contributed by atoms with Gasteiger partial charge in [0.15, 0.2) is 0 Å². The Balaban J connectivity index is 0.00000182. The van der Waals surface area contributed by atoms with Gasteiger partial charge in [-0.25, -0.2) is 0 Å². The molecule has 27 heavy (non-hydrogen) atoms. The Labute approximate surface area is 176 Å². The zero-order valence-corrected chi connectivity index (χ0v) is 18.0. The minimum absolute atomic E-state index is 0. The van der Waals surface area contributed by atoms with Gasteiger partial charge in [-0.1, -0.05) is 37.5 Å². The predicted molar refractivity (Wildman–Crippen MR) is 118 cm³/mol. The standard InChI is InChI=1S/C21H33N3O.2ClH/c1-24(19-8-3-2-4-9-19)16-18-7-5-6-10-20(18)23-21(25)12-11-17-13-14-22-15-17;;/h5-7,10,17,19,22H,2-4,8-9,11-16H2,1H3,(H,23,25);2*1H. The van der Waals surface area contributed by atoms with Crippen molar-refractivity contribution in [2.75, 3.05) is 25.5 Å². The maximum atomic E-state index is 12.4. The van der Waals surface area contributed by atoms with E-state index >= 15 is 0 Å². The summed E-state index contributed by atoms with van der Waals surface area (Å²) in [4.78, 5) is 14.8. The minimum Gasteiger partial charge on any atom is -0.326 e. The van der Waals surface area contributed by atoms with Crippen molar-refractivity contribution in [1.29, 1.82) is 0 Å². The molecule has 1 aliphatic carbocycles.